The first-order valence-corrected chi connectivity index (χ1v) is 8.34. The van der Waals surface area contributed by atoms with Crippen LogP contribution in [0.15, 0.2) is 28.7 Å². The monoisotopic (exact) mass is 340 g/mol. The van der Waals surface area contributed by atoms with Gasteiger partial charge in [-0.15, -0.1) is 0 Å². The molecule has 0 aliphatic heterocycles. The Bertz CT molecular complexity index is 396. The lowest BCUT2D eigenvalue weighted by Gasteiger charge is -2.43. The van der Waals surface area contributed by atoms with Crippen LogP contribution in [-0.2, 0) is 11.2 Å². The minimum absolute atomic E-state index is 0.102. The second-order valence-electron chi connectivity index (χ2n) is 5.61. The summed E-state index contributed by atoms with van der Waals surface area (Å²) in [6.07, 6.45) is 6.89. The van der Waals surface area contributed by atoms with Gasteiger partial charge in [0.1, 0.15) is 0 Å². The van der Waals surface area contributed by atoms with Gasteiger partial charge in [0.15, 0.2) is 0 Å². The molecule has 0 saturated heterocycles. The molecule has 0 heterocycles. The average Bonchev–Trinajstić information content (AvgIpc) is 2.48. The van der Waals surface area contributed by atoms with Crippen molar-refractivity contribution in [2.45, 2.75) is 57.1 Å². The van der Waals surface area contributed by atoms with Gasteiger partial charge in [0, 0.05) is 11.1 Å². The highest BCUT2D eigenvalue weighted by molar-refractivity contribution is 9.10. The third-order valence-electron chi connectivity index (χ3n) is 4.32. The van der Waals surface area contributed by atoms with E-state index in [1.807, 2.05) is 0 Å². The highest BCUT2D eigenvalue weighted by Gasteiger charge is 2.40. The highest BCUT2D eigenvalue weighted by Crippen LogP contribution is 2.35. The van der Waals surface area contributed by atoms with E-state index in [1.165, 1.54) is 24.8 Å². The molecule has 0 bridgehead atoms. The number of nitrogens with two attached hydrogens (primary N) is 1. The van der Waals surface area contributed by atoms with Gasteiger partial charge in [0.05, 0.1) is 11.6 Å². The van der Waals surface area contributed by atoms with E-state index < -0.39 is 0 Å². The van der Waals surface area contributed by atoms with Crippen LogP contribution in [-0.4, -0.2) is 18.2 Å². The van der Waals surface area contributed by atoms with Crippen LogP contribution < -0.4 is 11.3 Å². The lowest BCUT2D eigenvalue weighted by molar-refractivity contribution is -0.0898. The molecule has 0 radical (unpaired) electrons. The van der Waals surface area contributed by atoms with E-state index in [0.717, 1.165) is 30.3 Å². The molecule has 3 nitrogen and oxygen atoms in total. The molecule has 2 rings (SSSR count). The standard InChI is InChI=1S/C16H25BrN2O/c1-2-20-16(10-4-3-5-11-16)15(19-18)12-13-6-8-14(17)9-7-13/h6-9,15,19H,2-5,10-12,18H2,1H3. The number of hydrazine groups is 1. The smallest absolute Gasteiger partial charge is 0.0851 e. The molecule has 0 amide bonds. The maximum atomic E-state index is 6.17. The third kappa shape index (κ3) is 3.82. The SMILES string of the molecule is CCOC1(C(Cc2ccc(Br)cc2)NN)CCCCC1. The fourth-order valence-electron chi connectivity index (χ4n) is 3.28. The molecule has 0 aromatic heterocycles. The van der Waals surface area contributed by atoms with Crippen molar-refractivity contribution in [2.75, 3.05) is 6.61 Å². The van der Waals surface area contributed by atoms with Crippen molar-refractivity contribution < 1.29 is 4.74 Å². The van der Waals surface area contributed by atoms with Gasteiger partial charge in [-0.1, -0.05) is 47.3 Å². The summed E-state index contributed by atoms with van der Waals surface area (Å²) in [6, 6.07) is 8.63. The lowest BCUT2D eigenvalue weighted by Crippen LogP contribution is -2.57. The van der Waals surface area contributed by atoms with E-state index in [0.29, 0.717) is 0 Å². The van der Waals surface area contributed by atoms with Gasteiger partial charge in [-0.05, 0) is 43.9 Å². The average molecular weight is 341 g/mol. The fourth-order valence-corrected chi connectivity index (χ4v) is 3.55. The summed E-state index contributed by atoms with van der Waals surface area (Å²) in [7, 11) is 0. The third-order valence-corrected chi connectivity index (χ3v) is 4.85. The summed E-state index contributed by atoms with van der Waals surface area (Å²) >= 11 is 3.48. The van der Waals surface area contributed by atoms with Crippen molar-refractivity contribution in [1.29, 1.82) is 0 Å². The van der Waals surface area contributed by atoms with E-state index >= 15 is 0 Å². The van der Waals surface area contributed by atoms with Crippen molar-refractivity contribution in [1.82, 2.24) is 5.43 Å². The van der Waals surface area contributed by atoms with Crippen LogP contribution in [0.3, 0.4) is 0 Å². The molecule has 1 saturated carbocycles. The number of ether oxygens (including phenoxy) is 1. The second kappa shape index (κ2) is 7.55. The van der Waals surface area contributed by atoms with Gasteiger partial charge in [0.2, 0.25) is 0 Å². The number of benzene rings is 1. The molecular weight excluding hydrogens is 316 g/mol. The van der Waals surface area contributed by atoms with Gasteiger partial charge in [-0.2, -0.15) is 0 Å². The number of hydrogen-bond acceptors (Lipinski definition) is 3. The Morgan fingerprint density at radius 3 is 2.45 bits per heavy atom. The molecule has 1 aliphatic rings. The number of nitrogens with one attached hydrogen (secondary N) is 1. The van der Waals surface area contributed by atoms with E-state index in [-0.39, 0.29) is 11.6 Å². The molecule has 1 aromatic carbocycles. The maximum Gasteiger partial charge on any atom is 0.0851 e. The molecule has 4 heteroatoms. The van der Waals surface area contributed by atoms with Gasteiger partial charge in [-0.3, -0.25) is 11.3 Å². The van der Waals surface area contributed by atoms with E-state index in [4.69, 9.17) is 10.6 Å². The Morgan fingerprint density at radius 1 is 1.25 bits per heavy atom. The summed E-state index contributed by atoms with van der Waals surface area (Å²) in [4.78, 5) is 0. The Hall–Kier alpha value is -0.420. The summed E-state index contributed by atoms with van der Waals surface area (Å²) in [5, 5.41) is 0. The largest absolute Gasteiger partial charge is 0.374 e. The van der Waals surface area contributed by atoms with Crippen molar-refractivity contribution in [3.05, 3.63) is 34.3 Å². The van der Waals surface area contributed by atoms with Crippen LogP contribution in [0.1, 0.15) is 44.6 Å². The predicted octanol–water partition coefficient (Wildman–Crippen LogP) is 3.56. The van der Waals surface area contributed by atoms with Crippen molar-refractivity contribution >= 4 is 15.9 Å². The van der Waals surface area contributed by atoms with E-state index in [2.05, 4.69) is 52.5 Å². The molecule has 1 atom stereocenters. The topological polar surface area (TPSA) is 47.3 Å². The number of hydrogen-bond donors (Lipinski definition) is 2. The molecule has 0 spiro atoms. The zero-order valence-corrected chi connectivity index (χ0v) is 13.8. The highest BCUT2D eigenvalue weighted by atomic mass is 79.9. The van der Waals surface area contributed by atoms with Crippen molar-refractivity contribution in [2.24, 2.45) is 5.84 Å². The van der Waals surface area contributed by atoms with Crippen LogP contribution in [0.2, 0.25) is 0 Å². The normalized spacial score (nSPS) is 19.8. The van der Waals surface area contributed by atoms with Gasteiger partial charge in [0.25, 0.3) is 0 Å². The first kappa shape index (κ1) is 16.0. The molecular formula is C16H25BrN2O. The quantitative estimate of drug-likeness (QED) is 0.614. The first-order chi connectivity index (χ1) is 9.70. The zero-order chi connectivity index (χ0) is 14.4. The number of rotatable bonds is 6. The molecule has 20 heavy (non-hydrogen) atoms. The first-order valence-electron chi connectivity index (χ1n) is 7.55. The Kier molecular flexibility index (Phi) is 6.02. The summed E-state index contributed by atoms with van der Waals surface area (Å²) in [6.45, 7) is 2.82. The Balaban J connectivity index is 2.13. The van der Waals surface area contributed by atoms with Crippen molar-refractivity contribution in [3.63, 3.8) is 0 Å². The van der Waals surface area contributed by atoms with Crippen LogP contribution in [0.5, 0.6) is 0 Å². The molecule has 1 fully saturated rings. The lowest BCUT2D eigenvalue weighted by atomic mass is 9.77. The molecule has 1 unspecified atom stereocenters. The van der Waals surface area contributed by atoms with Crippen LogP contribution in [0.4, 0.5) is 0 Å². The van der Waals surface area contributed by atoms with Gasteiger partial charge < -0.3 is 4.74 Å². The van der Waals surface area contributed by atoms with Crippen molar-refractivity contribution in [3.8, 4) is 0 Å². The minimum Gasteiger partial charge on any atom is -0.374 e. The Morgan fingerprint density at radius 2 is 1.90 bits per heavy atom. The molecule has 3 N–H and O–H groups in total. The maximum absolute atomic E-state index is 6.17. The molecule has 112 valence electrons. The molecule has 1 aromatic rings. The minimum atomic E-state index is -0.102. The van der Waals surface area contributed by atoms with E-state index in [1.54, 1.807) is 0 Å². The summed E-state index contributed by atoms with van der Waals surface area (Å²) < 4.78 is 7.27. The van der Waals surface area contributed by atoms with Crippen LogP contribution in [0, 0.1) is 0 Å². The Labute approximate surface area is 130 Å². The van der Waals surface area contributed by atoms with Gasteiger partial charge >= 0.3 is 0 Å². The van der Waals surface area contributed by atoms with Gasteiger partial charge in [-0.25, -0.2) is 0 Å². The zero-order valence-electron chi connectivity index (χ0n) is 12.2. The predicted molar refractivity (Wildman–Crippen MR) is 86.4 cm³/mol. The molecule has 1 aliphatic carbocycles. The van der Waals surface area contributed by atoms with Crippen LogP contribution >= 0.6 is 15.9 Å². The summed E-state index contributed by atoms with van der Waals surface area (Å²) in [5.74, 6) is 5.86. The summed E-state index contributed by atoms with van der Waals surface area (Å²) in [5.41, 5.74) is 4.21. The number of halogens is 1. The fraction of sp³-hybridized carbons (Fsp3) is 0.625. The van der Waals surface area contributed by atoms with E-state index in [9.17, 15) is 0 Å². The second-order valence-corrected chi connectivity index (χ2v) is 6.52. The van der Waals surface area contributed by atoms with Crippen LogP contribution in [0.25, 0.3) is 0 Å².